The van der Waals surface area contributed by atoms with E-state index in [1.165, 1.54) is 69.0 Å². The molecule has 0 aliphatic heterocycles. The summed E-state index contributed by atoms with van der Waals surface area (Å²) in [7, 11) is 0. The van der Waals surface area contributed by atoms with E-state index in [0.717, 1.165) is 30.4 Å². The standard InChI is InChI=1S/C23H33N3O/c1-22-13-12-16-19(22)23(16,2)21(22)24-20(27)18-15-10-6-7-11-17(15)26(25-18)14-8-4-3-5-9-14/h14,16,19,21H,3-13H2,1-2H3,(H,24,27)/t16?,19?,21-,22?,23?/m0/s1. The molecule has 1 aromatic heterocycles. The molecule has 5 aliphatic rings. The topological polar surface area (TPSA) is 46.9 Å². The van der Waals surface area contributed by atoms with Crippen LogP contribution in [0.2, 0.25) is 0 Å². The molecule has 0 spiro atoms. The Kier molecular flexibility index (Phi) is 3.32. The van der Waals surface area contributed by atoms with Crippen LogP contribution in [0.15, 0.2) is 0 Å². The van der Waals surface area contributed by atoms with Gasteiger partial charge in [0.15, 0.2) is 5.69 Å². The van der Waals surface area contributed by atoms with Crippen molar-refractivity contribution in [3.8, 4) is 0 Å². The number of amides is 1. The van der Waals surface area contributed by atoms with Crippen molar-refractivity contribution in [3.05, 3.63) is 17.0 Å². The Morgan fingerprint density at radius 2 is 1.85 bits per heavy atom. The average Bonchev–Trinajstić information content (AvgIpc) is 2.96. The fourth-order valence-electron chi connectivity index (χ4n) is 8.18. The number of hydrogen-bond acceptors (Lipinski definition) is 2. The molecule has 4 nitrogen and oxygen atoms in total. The molecule has 1 heterocycles. The molecule has 27 heavy (non-hydrogen) atoms. The SMILES string of the molecule is CC12CCC3C1C3(C)[C@H]2NC(=O)c1nn(C2CCCCC2)c2c1CCCC2. The van der Waals surface area contributed by atoms with E-state index < -0.39 is 0 Å². The molecule has 1 N–H and O–H groups in total. The zero-order valence-corrected chi connectivity index (χ0v) is 16.9. The van der Waals surface area contributed by atoms with Crippen LogP contribution in [-0.2, 0) is 12.8 Å². The molecule has 0 radical (unpaired) electrons. The minimum absolute atomic E-state index is 0.117. The summed E-state index contributed by atoms with van der Waals surface area (Å²) in [4.78, 5) is 13.4. The van der Waals surface area contributed by atoms with Crippen molar-refractivity contribution < 1.29 is 4.79 Å². The second kappa shape index (κ2) is 5.39. The summed E-state index contributed by atoms with van der Waals surface area (Å²) in [6.07, 6.45) is 13.7. The number of nitrogens with one attached hydrogen (secondary N) is 1. The molecule has 0 aromatic carbocycles. The van der Waals surface area contributed by atoms with Gasteiger partial charge < -0.3 is 5.32 Å². The third kappa shape index (κ3) is 2.00. The minimum atomic E-state index is 0.117. The Bertz CT molecular complexity index is 807. The first-order valence-corrected chi connectivity index (χ1v) is 11.5. The molecule has 4 heteroatoms. The zero-order valence-electron chi connectivity index (χ0n) is 16.9. The molecule has 1 amide bonds. The number of nitrogens with zero attached hydrogens (tertiary/aromatic N) is 2. The number of aromatic nitrogens is 2. The predicted molar refractivity (Wildman–Crippen MR) is 105 cm³/mol. The Morgan fingerprint density at radius 3 is 2.59 bits per heavy atom. The van der Waals surface area contributed by atoms with Crippen LogP contribution in [0.25, 0.3) is 0 Å². The molecule has 4 saturated carbocycles. The summed E-state index contributed by atoms with van der Waals surface area (Å²) in [5.41, 5.74) is 4.16. The highest BCUT2D eigenvalue weighted by Gasteiger charge is 2.86. The molecule has 5 atom stereocenters. The van der Waals surface area contributed by atoms with Gasteiger partial charge in [-0.1, -0.05) is 33.1 Å². The van der Waals surface area contributed by atoms with E-state index in [1.54, 1.807) is 0 Å². The van der Waals surface area contributed by atoms with Crippen LogP contribution in [-0.4, -0.2) is 21.7 Å². The van der Waals surface area contributed by atoms with Crippen LogP contribution < -0.4 is 5.32 Å². The number of carbonyl (C=O) groups excluding carboxylic acids is 1. The summed E-state index contributed by atoms with van der Waals surface area (Å²) in [6, 6.07) is 0.884. The van der Waals surface area contributed by atoms with Gasteiger partial charge in [-0.15, -0.1) is 0 Å². The zero-order chi connectivity index (χ0) is 18.4. The highest BCUT2D eigenvalue weighted by Crippen LogP contribution is 2.86. The predicted octanol–water partition coefficient (Wildman–Crippen LogP) is 4.43. The van der Waals surface area contributed by atoms with Crippen molar-refractivity contribution in [1.82, 2.24) is 15.1 Å². The lowest BCUT2D eigenvalue weighted by Crippen LogP contribution is -2.61. The molecule has 1 aromatic rings. The molecular weight excluding hydrogens is 334 g/mol. The third-order valence-corrected chi connectivity index (χ3v) is 9.37. The maximum atomic E-state index is 13.4. The second-order valence-corrected chi connectivity index (χ2v) is 10.6. The Balaban J connectivity index is 1.30. The summed E-state index contributed by atoms with van der Waals surface area (Å²) in [6.45, 7) is 4.82. The maximum absolute atomic E-state index is 13.4. The van der Waals surface area contributed by atoms with Gasteiger partial charge in [0.2, 0.25) is 0 Å². The molecule has 5 aliphatic carbocycles. The van der Waals surface area contributed by atoms with E-state index >= 15 is 0 Å². The van der Waals surface area contributed by atoms with Crippen molar-refractivity contribution in [2.45, 2.75) is 96.6 Å². The monoisotopic (exact) mass is 367 g/mol. The largest absolute Gasteiger partial charge is 0.347 e. The van der Waals surface area contributed by atoms with Gasteiger partial charge in [0.1, 0.15) is 0 Å². The van der Waals surface area contributed by atoms with Gasteiger partial charge in [-0.3, -0.25) is 9.48 Å². The van der Waals surface area contributed by atoms with E-state index in [4.69, 9.17) is 5.10 Å². The van der Waals surface area contributed by atoms with E-state index in [2.05, 4.69) is 23.8 Å². The van der Waals surface area contributed by atoms with Gasteiger partial charge in [-0.25, -0.2) is 0 Å². The molecule has 0 saturated heterocycles. The lowest BCUT2D eigenvalue weighted by molar-refractivity contribution is -0.00178. The summed E-state index contributed by atoms with van der Waals surface area (Å²) in [5.74, 6) is 1.84. The number of fused-ring (bicyclic) bond motifs is 2. The summed E-state index contributed by atoms with van der Waals surface area (Å²) < 4.78 is 2.29. The molecular formula is C23H33N3O. The van der Waals surface area contributed by atoms with Gasteiger partial charge in [0.05, 0.1) is 6.04 Å². The third-order valence-electron chi connectivity index (χ3n) is 9.37. The first-order valence-electron chi connectivity index (χ1n) is 11.5. The molecule has 146 valence electrons. The minimum Gasteiger partial charge on any atom is -0.347 e. The summed E-state index contributed by atoms with van der Waals surface area (Å²) in [5, 5.41) is 8.47. The summed E-state index contributed by atoms with van der Waals surface area (Å²) >= 11 is 0. The van der Waals surface area contributed by atoms with Crippen molar-refractivity contribution in [3.63, 3.8) is 0 Å². The molecule has 0 bridgehead atoms. The maximum Gasteiger partial charge on any atom is 0.272 e. The van der Waals surface area contributed by atoms with Crippen LogP contribution in [0.1, 0.15) is 99.4 Å². The van der Waals surface area contributed by atoms with Gasteiger partial charge in [0, 0.05) is 17.3 Å². The molecule has 4 fully saturated rings. The van der Waals surface area contributed by atoms with Crippen molar-refractivity contribution >= 4 is 5.91 Å². The van der Waals surface area contributed by atoms with Gasteiger partial charge in [0.25, 0.3) is 5.91 Å². The Hall–Kier alpha value is -1.32. The van der Waals surface area contributed by atoms with Gasteiger partial charge in [-0.05, 0) is 74.0 Å². The van der Waals surface area contributed by atoms with Crippen molar-refractivity contribution in [2.24, 2.45) is 22.7 Å². The Labute approximate surface area is 162 Å². The van der Waals surface area contributed by atoms with Gasteiger partial charge in [-0.2, -0.15) is 5.10 Å². The van der Waals surface area contributed by atoms with E-state index in [1.807, 2.05) is 0 Å². The highest BCUT2D eigenvalue weighted by atomic mass is 16.2. The number of rotatable bonds is 3. The second-order valence-electron chi connectivity index (χ2n) is 10.6. The lowest BCUT2D eigenvalue weighted by Gasteiger charge is -2.52. The molecule has 4 unspecified atom stereocenters. The van der Waals surface area contributed by atoms with Crippen LogP contribution in [0, 0.1) is 22.7 Å². The van der Waals surface area contributed by atoms with Crippen LogP contribution in [0.4, 0.5) is 0 Å². The van der Waals surface area contributed by atoms with Crippen molar-refractivity contribution in [1.29, 1.82) is 0 Å². The van der Waals surface area contributed by atoms with E-state index in [0.29, 0.717) is 22.9 Å². The van der Waals surface area contributed by atoms with Crippen molar-refractivity contribution in [2.75, 3.05) is 0 Å². The fraction of sp³-hybridized carbons (Fsp3) is 0.826. The Morgan fingerprint density at radius 1 is 1.07 bits per heavy atom. The average molecular weight is 368 g/mol. The fourth-order valence-corrected chi connectivity index (χ4v) is 8.18. The van der Waals surface area contributed by atoms with Crippen LogP contribution in [0.5, 0.6) is 0 Å². The van der Waals surface area contributed by atoms with E-state index in [-0.39, 0.29) is 5.91 Å². The number of hydrogen-bond donors (Lipinski definition) is 1. The van der Waals surface area contributed by atoms with Crippen LogP contribution >= 0.6 is 0 Å². The van der Waals surface area contributed by atoms with E-state index in [9.17, 15) is 4.79 Å². The quantitative estimate of drug-likeness (QED) is 0.859. The number of carbonyl (C=O) groups is 1. The lowest BCUT2D eigenvalue weighted by atomic mass is 9.57. The normalized spacial score (nSPS) is 42.2. The van der Waals surface area contributed by atoms with Crippen LogP contribution in [0.3, 0.4) is 0 Å². The first kappa shape index (κ1) is 16.6. The van der Waals surface area contributed by atoms with Gasteiger partial charge >= 0.3 is 0 Å². The smallest absolute Gasteiger partial charge is 0.272 e. The molecule has 6 rings (SSSR count). The highest BCUT2D eigenvalue weighted by molar-refractivity contribution is 5.94. The first-order chi connectivity index (χ1) is 13.0.